The second-order valence-corrected chi connectivity index (χ2v) is 7.04. The van der Waals surface area contributed by atoms with E-state index in [0.29, 0.717) is 19.0 Å². The first kappa shape index (κ1) is 18.2. The Hall–Kier alpha value is -2.56. The molecule has 2 heterocycles. The Balaban J connectivity index is 1.55. The van der Waals surface area contributed by atoms with Crippen LogP contribution in [-0.4, -0.2) is 48.6 Å². The summed E-state index contributed by atoms with van der Waals surface area (Å²) in [5.41, 5.74) is 2.28. The van der Waals surface area contributed by atoms with Gasteiger partial charge in [0.25, 0.3) is 5.91 Å². The number of aromatic nitrogens is 1. The minimum absolute atomic E-state index is 0.0434. The third kappa shape index (κ3) is 4.34. The van der Waals surface area contributed by atoms with E-state index in [2.05, 4.69) is 35.9 Å². The van der Waals surface area contributed by atoms with Crippen LogP contribution in [0.4, 0.5) is 5.82 Å². The van der Waals surface area contributed by atoms with Gasteiger partial charge in [0, 0.05) is 32.4 Å². The quantitative estimate of drug-likeness (QED) is 0.828. The lowest BCUT2D eigenvalue weighted by molar-refractivity contribution is -0.133. The summed E-state index contributed by atoms with van der Waals surface area (Å²) in [5.74, 6) is 2.20. The Labute approximate surface area is 155 Å². The molecule has 138 valence electrons. The predicted molar refractivity (Wildman–Crippen MR) is 104 cm³/mol. The van der Waals surface area contributed by atoms with Crippen LogP contribution in [0.15, 0.2) is 42.6 Å². The van der Waals surface area contributed by atoms with E-state index in [-0.39, 0.29) is 12.5 Å². The van der Waals surface area contributed by atoms with Crippen molar-refractivity contribution in [2.45, 2.75) is 26.7 Å². The Bertz CT molecular complexity index is 738. The van der Waals surface area contributed by atoms with Gasteiger partial charge < -0.3 is 14.5 Å². The van der Waals surface area contributed by atoms with Gasteiger partial charge in [0.1, 0.15) is 11.6 Å². The van der Waals surface area contributed by atoms with Crippen LogP contribution in [0.1, 0.15) is 30.9 Å². The van der Waals surface area contributed by atoms with Crippen molar-refractivity contribution in [3.63, 3.8) is 0 Å². The van der Waals surface area contributed by atoms with E-state index in [1.807, 2.05) is 36.1 Å². The first-order valence-electron chi connectivity index (χ1n) is 9.21. The van der Waals surface area contributed by atoms with Crippen LogP contribution in [0.5, 0.6) is 5.75 Å². The second kappa shape index (κ2) is 8.21. The van der Waals surface area contributed by atoms with Gasteiger partial charge in [0.15, 0.2) is 6.61 Å². The molecule has 3 rings (SSSR count). The fraction of sp³-hybridized carbons (Fsp3) is 0.429. The van der Waals surface area contributed by atoms with Crippen molar-refractivity contribution < 1.29 is 9.53 Å². The number of carbonyl (C=O) groups excluding carboxylic acids is 1. The van der Waals surface area contributed by atoms with E-state index < -0.39 is 0 Å². The summed E-state index contributed by atoms with van der Waals surface area (Å²) in [7, 11) is 0. The molecule has 26 heavy (non-hydrogen) atoms. The molecule has 1 aliphatic rings. The van der Waals surface area contributed by atoms with E-state index in [1.165, 1.54) is 0 Å². The molecule has 5 nitrogen and oxygen atoms in total. The molecule has 0 atom stereocenters. The fourth-order valence-electron chi connectivity index (χ4n) is 3.20. The van der Waals surface area contributed by atoms with E-state index >= 15 is 0 Å². The lowest BCUT2D eigenvalue weighted by atomic mass is 10.0. The lowest BCUT2D eigenvalue weighted by Crippen LogP contribution is -2.50. The minimum Gasteiger partial charge on any atom is -0.483 e. The Morgan fingerprint density at radius 3 is 2.58 bits per heavy atom. The van der Waals surface area contributed by atoms with Crippen molar-refractivity contribution in [2.75, 3.05) is 37.7 Å². The average molecular weight is 353 g/mol. The van der Waals surface area contributed by atoms with Crippen LogP contribution in [0.2, 0.25) is 0 Å². The highest BCUT2D eigenvalue weighted by molar-refractivity contribution is 5.78. The van der Waals surface area contributed by atoms with Gasteiger partial charge in [-0.25, -0.2) is 4.98 Å². The molecule has 0 spiro atoms. The third-order valence-corrected chi connectivity index (χ3v) is 4.75. The van der Waals surface area contributed by atoms with Gasteiger partial charge in [-0.3, -0.25) is 4.79 Å². The first-order valence-corrected chi connectivity index (χ1v) is 9.21. The van der Waals surface area contributed by atoms with Crippen LogP contribution in [0.3, 0.4) is 0 Å². The first-order chi connectivity index (χ1) is 12.5. The maximum absolute atomic E-state index is 12.5. The summed E-state index contributed by atoms with van der Waals surface area (Å²) in [6.45, 7) is 9.39. The van der Waals surface area contributed by atoms with Gasteiger partial charge in [0.2, 0.25) is 0 Å². The molecular weight excluding hydrogens is 326 g/mol. The topological polar surface area (TPSA) is 45.7 Å². The molecule has 0 aliphatic carbocycles. The number of pyridine rings is 1. The van der Waals surface area contributed by atoms with Gasteiger partial charge in [-0.1, -0.05) is 32.0 Å². The molecule has 1 aromatic heterocycles. The number of anilines is 1. The number of hydrogen-bond acceptors (Lipinski definition) is 4. The van der Waals surface area contributed by atoms with Gasteiger partial charge in [-0.2, -0.15) is 0 Å². The largest absolute Gasteiger partial charge is 0.483 e. The van der Waals surface area contributed by atoms with Crippen molar-refractivity contribution in [1.29, 1.82) is 0 Å². The molecule has 2 aromatic rings. The van der Waals surface area contributed by atoms with Crippen molar-refractivity contribution in [3.05, 3.63) is 53.7 Å². The SMILES string of the molecule is Cc1ccc(C(C)C)c(OCC(=O)N2CCN(c3ccccn3)CC2)c1. The molecule has 5 heteroatoms. The third-order valence-electron chi connectivity index (χ3n) is 4.75. The lowest BCUT2D eigenvalue weighted by Gasteiger charge is -2.35. The zero-order valence-corrected chi connectivity index (χ0v) is 15.8. The Morgan fingerprint density at radius 2 is 1.92 bits per heavy atom. The molecule has 0 saturated carbocycles. The number of nitrogens with zero attached hydrogens (tertiary/aromatic N) is 3. The highest BCUT2D eigenvalue weighted by Crippen LogP contribution is 2.27. The van der Waals surface area contributed by atoms with Gasteiger partial charge in [0.05, 0.1) is 0 Å². The average Bonchev–Trinajstić information content (AvgIpc) is 2.66. The molecule has 0 N–H and O–H groups in total. The summed E-state index contributed by atoms with van der Waals surface area (Å²) in [5, 5.41) is 0. The number of aryl methyl sites for hydroxylation is 1. The summed E-state index contributed by atoms with van der Waals surface area (Å²) in [6, 6.07) is 12.1. The van der Waals surface area contributed by atoms with E-state index in [0.717, 1.165) is 35.8 Å². The van der Waals surface area contributed by atoms with Gasteiger partial charge in [-0.15, -0.1) is 0 Å². The highest BCUT2D eigenvalue weighted by Gasteiger charge is 2.22. The van der Waals surface area contributed by atoms with Crippen LogP contribution in [0, 0.1) is 6.92 Å². The van der Waals surface area contributed by atoms with Crippen molar-refractivity contribution in [2.24, 2.45) is 0 Å². The monoisotopic (exact) mass is 353 g/mol. The normalized spacial score (nSPS) is 14.6. The molecule has 0 bridgehead atoms. The Kier molecular flexibility index (Phi) is 5.76. The molecular formula is C21H27N3O2. The van der Waals surface area contributed by atoms with E-state index in [1.54, 1.807) is 6.20 Å². The van der Waals surface area contributed by atoms with Crippen molar-refractivity contribution in [1.82, 2.24) is 9.88 Å². The number of hydrogen-bond donors (Lipinski definition) is 0. The molecule has 1 amide bonds. The number of carbonyl (C=O) groups is 1. The van der Waals surface area contributed by atoms with E-state index in [9.17, 15) is 4.79 Å². The highest BCUT2D eigenvalue weighted by atomic mass is 16.5. The summed E-state index contributed by atoms with van der Waals surface area (Å²) >= 11 is 0. The zero-order valence-electron chi connectivity index (χ0n) is 15.8. The summed E-state index contributed by atoms with van der Waals surface area (Å²) in [4.78, 5) is 21.0. The summed E-state index contributed by atoms with van der Waals surface area (Å²) < 4.78 is 5.89. The smallest absolute Gasteiger partial charge is 0.260 e. The predicted octanol–water partition coefficient (Wildman–Crippen LogP) is 3.24. The molecule has 1 saturated heterocycles. The van der Waals surface area contributed by atoms with Crippen LogP contribution >= 0.6 is 0 Å². The molecule has 0 radical (unpaired) electrons. The van der Waals surface area contributed by atoms with E-state index in [4.69, 9.17) is 4.74 Å². The van der Waals surface area contributed by atoms with Crippen LogP contribution in [0.25, 0.3) is 0 Å². The molecule has 1 fully saturated rings. The number of ether oxygens (including phenoxy) is 1. The number of amides is 1. The van der Waals surface area contributed by atoms with Gasteiger partial charge in [-0.05, 0) is 42.2 Å². The molecule has 1 aliphatic heterocycles. The summed E-state index contributed by atoms with van der Waals surface area (Å²) in [6.07, 6.45) is 1.80. The standard InChI is InChI=1S/C21H27N3O2/c1-16(2)18-8-7-17(3)14-19(18)26-15-21(25)24-12-10-23(11-13-24)20-6-4-5-9-22-20/h4-9,14,16H,10-13,15H2,1-3H3. The van der Waals surface area contributed by atoms with Crippen molar-refractivity contribution >= 4 is 11.7 Å². The Morgan fingerprint density at radius 1 is 1.15 bits per heavy atom. The maximum atomic E-state index is 12.5. The zero-order chi connectivity index (χ0) is 18.5. The molecule has 0 unspecified atom stereocenters. The van der Waals surface area contributed by atoms with Crippen molar-refractivity contribution in [3.8, 4) is 5.75 Å². The van der Waals surface area contributed by atoms with Crippen LogP contribution < -0.4 is 9.64 Å². The fourth-order valence-corrected chi connectivity index (χ4v) is 3.20. The minimum atomic E-state index is 0.0434. The number of piperazine rings is 1. The van der Waals surface area contributed by atoms with Gasteiger partial charge >= 0.3 is 0 Å². The second-order valence-electron chi connectivity index (χ2n) is 7.04. The molecule has 1 aromatic carbocycles. The maximum Gasteiger partial charge on any atom is 0.260 e. The number of benzene rings is 1. The van der Waals surface area contributed by atoms with Crippen LogP contribution in [-0.2, 0) is 4.79 Å². The number of rotatable bonds is 5.